The zero-order valence-corrected chi connectivity index (χ0v) is 17.6. The predicted octanol–water partition coefficient (Wildman–Crippen LogP) is 5.12. The highest BCUT2D eigenvalue weighted by Crippen LogP contribution is 2.30. The molecule has 0 amide bonds. The molecule has 2 heterocycles. The van der Waals surface area contributed by atoms with Gasteiger partial charge in [-0.15, -0.1) is 0 Å². The Bertz CT molecular complexity index is 1300. The lowest BCUT2D eigenvalue weighted by molar-refractivity contribution is -0.137. The van der Waals surface area contributed by atoms with Crippen LogP contribution in [0.2, 0.25) is 0 Å². The summed E-state index contributed by atoms with van der Waals surface area (Å²) in [4.78, 5) is 21.5. The van der Waals surface area contributed by atoms with E-state index in [1.54, 1.807) is 6.92 Å². The normalized spacial score (nSPS) is 11.7. The number of carbonyl (C=O) groups excluding carboxylic acids is 1. The molecule has 2 aromatic carbocycles. The number of hydrogen-bond donors (Lipinski definition) is 0. The number of aryl methyl sites for hydroxylation is 1. The summed E-state index contributed by atoms with van der Waals surface area (Å²) in [5, 5.41) is 4.56. The molecule has 10 heteroatoms. The average molecular weight is 457 g/mol. The summed E-state index contributed by atoms with van der Waals surface area (Å²) in [6.45, 7) is 1.61. The van der Waals surface area contributed by atoms with Crippen LogP contribution in [0.1, 0.15) is 33.1 Å². The maximum Gasteiger partial charge on any atom is 0.416 e. The first-order chi connectivity index (χ1) is 15.8. The third-order valence-electron chi connectivity index (χ3n) is 4.98. The van der Waals surface area contributed by atoms with Gasteiger partial charge < -0.3 is 14.0 Å². The van der Waals surface area contributed by atoms with Gasteiger partial charge in [-0.3, -0.25) is 0 Å². The lowest BCUT2D eigenvalue weighted by Crippen LogP contribution is -2.13. The Labute approximate surface area is 186 Å². The first kappa shape index (κ1) is 22.4. The monoisotopic (exact) mass is 457 g/mol. The van der Waals surface area contributed by atoms with Crippen molar-refractivity contribution in [2.24, 2.45) is 0 Å². The number of alkyl halides is 3. The summed E-state index contributed by atoms with van der Waals surface area (Å²) in [5.74, 6) is -0.552. The smallest absolute Gasteiger partial charge is 0.416 e. The summed E-state index contributed by atoms with van der Waals surface area (Å²) in [6.07, 6.45) is -4.44. The number of benzene rings is 2. The quantitative estimate of drug-likeness (QED) is 0.372. The zero-order chi connectivity index (χ0) is 23.6. The van der Waals surface area contributed by atoms with Crippen LogP contribution in [0.25, 0.3) is 22.3 Å². The molecule has 0 saturated heterocycles. The van der Waals surface area contributed by atoms with Gasteiger partial charge in [-0.25, -0.2) is 9.78 Å². The molecule has 0 fully saturated rings. The van der Waals surface area contributed by atoms with Gasteiger partial charge in [-0.1, -0.05) is 35.5 Å². The van der Waals surface area contributed by atoms with Gasteiger partial charge in [0.15, 0.2) is 6.61 Å². The molecule has 4 aromatic rings. The van der Waals surface area contributed by atoms with Gasteiger partial charge in [0.2, 0.25) is 5.82 Å². The van der Waals surface area contributed by atoms with E-state index in [0.29, 0.717) is 16.8 Å². The van der Waals surface area contributed by atoms with Crippen LogP contribution in [0.5, 0.6) is 0 Å². The fourth-order valence-electron chi connectivity index (χ4n) is 3.39. The number of para-hydroxylation sites is 1. The molecule has 0 N–H and O–H groups in total. The van der Waals surface area contributed by atoms with E-state index >= 15 is 0 Å². The van der Waals surface area contributed by atoms with Crippen molar-refractivity contribution < 1.29 is 32.0 Å². The number of aromatic nitrogens is 3. The predicted molar refractivity (Wildman–Crippen MR) is 111 cm³/mol. The van der Waals surface area contributed by atoms with Crippen LogP contribution < -0.4 is 0 Å². The third kappa shape index (κ3) is 4.70. The number of methoxy groups -OCH3 is 1. The van der Waals surface area contributed by atoms with Crippen molar-refractivity contribution in [3.05, 3.63) is 76.8 Å². The molecule has 170 valence electrons. The van der Waals surface area contributed by atoms with E-state index in [1.807, 2.05) is 24.3 Å². The topological polar surface area (TPSA) is 87.3 Å². The Kier molecular flexibility index (Phi) is 6.10. The summed E-state index contributed by atoms with van der Waals surface area (Å²) < 4.78 is 53.8. The van der Waals surface area contributed by atoms with Crippen molar-refractivity contribution in [2.75, 3.05) is 7.11 Å². The van der Waals surface area contributed by atoms with Crippen molar-refractivity contribution in [1.82, 2.24) is 15.1 Å². The lowest BCUT2D eigenvalue weighted by atomic mass is 10.0. The molecule has 0 spiro atoms. The van der Waals surface area contributed by atoms with Crippen LogP contribution in [0.3, 0.4) is 0 Å². The van der Waals surface area contributed by atoms with Crippen molar-refractivity contribution in [3.63, 3.8) is 0 Å². The summed E-state index contributed by atoms with van der Waals surface area (Å²) in [6, 6.07) is 11.7. The van der Waals surface area contributed by atoms with Crippen molar-refractivity contribution in [3.8, 4) is 11.4 Å². The van der Waals surface area contributed by atoms with Crippen LogP contribution in [0.4, 0.5) is 13.2 Å². The molecule has 2 aromatic heterocycles. The molecule has 0 atom stereocenters. The second-order valence-electron chi connectivity index (χ2n) is 7.17. The van der Waals surface area contributed by atoms with Gasteiger partial charge in [0.1, 0.15) is 0 Å². The standard InChI is InChI=1S/C23H18F3N3O4/c1-13-16-5-3-4-6-17(16)27-18(11-31-2)20(13)22(30)32-12-19-28-21(29-33-19)14-7-9-15(10-8-14)23(24,25)26/h3-10H,11-12H2,1-2H3. The van der Waals surface area contributed by atoms with E-state index in [2.05, 4.69) is 15.1 Å². The number of nitrogens with zero attached hydrogens (tertiary/aromatic N) is 3. The number of hydrogen-bond acceptors (Lipinski definition) is 7. The van der Waals surface area contributed by atoms with Crippen molar-refractivity contribution >= 4 is 16.9 Å². The van der Waals surface area contributed by atoms with E-state index < -0.39 is 17.7 Å². The van der Waals surface area contributed by atoms with Gasteiger partial charge in [0.05, 0.1) is 28.9 Å². The van der Waals surface area contributed by atoms with Gasteiger partial charge in [-0.05, 0) is 30.7 Å². The lowest BCUT2D eigenvalue weighted by Gasteiger charge is -2.13. The molecule has 0 aliphatic carbocycles. The third-order valence-corrected chi connectivity index (χ3v) is 4.98. The van der Waals surface area contributed by atoms with Crippen LogP contribution in [0.15, 0.2) is 53.1 Å². The molecule has 0 radical (unpaired) electrons. The summed E-state index contributed by atoms with van der Waals surface area (Å²) >= 11 is 0. The first-order valence-corrected chi connectivity index (χ1v) is 9.82. The number of esters is 1. The second-order valence-corrected chi connectivity index (χ2v) is 7.17. The van der Waals surface area contributed by atoms with Crippen LogP contribution in [-0.2, 0) is 28.9 Å². The van der Waals surface area contributed by atoms with Gasteiger partial charge in [0.25, 0.3) is 5.89 Å². The van der Waals surface area contributed by atoms with E-state index in [1.165, 1.54) is 19.2 Å². The molecule has 33 heavy (non-hydrogen) atoms. The fraction of sp³-hybridized carbons (Fsp3) is 0.217. The molecular formula is C23H18F3N3O4. The molecule has 7 nitrogen and oxygen atoms in total. The zero-order valence-electron chi connectivity index (χ0n) is 17.6. The Balaban J connectivity index is 1.52. The summed E-state index contributed by atoms with van der Waals surface area (Å²) in [5.41, 5.74) is 1.72. The first-order valence-electron chi connectivity index (χ1n) is 9.82. The number of carbonyl (C=O) groups is 1. The highest BCUT2D eigenvalue weighted by molar-refractivity contribution is 5.98. The van der Waals surface area contributed by atoms with E-state index in [4.69, 9.17) is 14.0 Å². The van der Waals surface area contributed by atoms with Crippen LogP contribution >= 0.6 is 0 Å². The Hall–Kier alpha value is -3.79. The van der Waals surface area contributed by atoms with Gasteiger partial charge in [-0.2, -0.15) is 18.2 Å². The Morgan fingerprint density at radius 3 is 2.45 bits per heavy atom. The van der Waals surface area contributed by atoms with Crippen molar-refractivity contribution in [1.29, 1.82) is 0 Å². The maximum absolute atomic E-state index is 12.9. The molecule has 4 rings (SSSR count). The average Bonchev–Trinajstić information content (AvgIpc) is 3.27. The molecule has 0 saturated carbocycles. The summed E-state index contributed by atoms with van der Waals surface area (Å²) in [7, 11) is 1.50. The number of ether oxygens (including phenoxy) is 2. The molecule has 0 aliphatic heterocycles. The molecule has 0 aliphatic rings. The van der Waals surface area contributed by atoms with E-state index in [-0.39, 0.29) is 30.5 Å². The number of halogens is 3. The highest BCUT2D eigenvalue weighted by Gasteiger charge is 2.30. The van der Waals surface area contributed by atoms with Gasteiger partial charge in [0, 0.05) is 18.1 Å². The minimum absolute atomic E-state index is 0.00191. The molecule has 0 bridgehead atoms. The number of pyridine rings is 1. The van der Waals surface area contributed by atoms with E-state index in [9.17, 15) is 18.0 Å². The SMILES string of the molecule is COCc1nc2ccccc2c(C)c1C(=O)OCc1nc(-c2ccc(C(F)(F)F)cc2)no1. The number of rotatable bonds is 6. The maximum atomic E-state index is 12.9. The number of fused-ring (bicyclic) bond motifs is 1. The highest BCUT2D eigenvalue weighted by atomic mass is 19.4. The van der Waals surface area contributed by atoms with E-state index in [0.717, 1.165) is 23.0 Å². The van der Waals surface area contributed by atoms with Crippen molar-refractivity contribution in [2.45, 2.75) is 26.3 Å². The minimum atomic E-state index is -4.44. The largest absolute Gasteiger partial charge is 0.452 e. The fourth-order valence-corrected chi connectivity index (χ4v) is 3.39. The minimum Gasteiger partial charge on any atom is -0.452 e. The van der Waals surface area contributed by atoms with Crippen LogP contribution in [0, 0.1) is 6.92 Å². The second kappa shape index (κ2) is 8.99. The van der Waals surface area contributed by atoms with Crippen LogP contribution in [-0.4, -0.2) is 28.2 Å². The Morgan fingerprint density at radius 1 is 1.03 bits per heavy atom. The van der Waals surface area contributed by atoms with Gasteiger partial charge >= 0.3 is 12.1 Å². The molecular weight excluding hydrogens is 439 g/mol. The molecule has 0 unspecified atom stereocenters. The Morgan fingerprint density at radius 2 is 1.76 bits per heavy atom.